The Labute approximate surface area is 185 Å². The monoisotopic (exact) mass is 429 g/mol. The Hall–Kier alpha value is -4.06. The molecular weight excluding hydrogens is 406 g/mol. The topological polar surface area (TPSA) is 77.8 Å². The quantitative estimate of drug-likeness (QED) is 0.461. The van der Waals surface area contributed by atoms with Gasteiger partial charge in [0, 0.05) is 17.3 Å². The van der Waals surface area contributed by atoms with Crippen molar-refractivity contribution >= 4 is 22.6 Å². The first-order chi connectivity index (χ1) is 15.4. The van der Waals surface area contributed by atoms with Crippen molar-refractivity contribution in [2.75, 3.05) is 19.0 Å². The van der Waals surface area contributed by atoms with Gasteiger partial charge in [-0.2, -0.15) is 0 Å². The highest BCUT2D eigenvalue weighted by Crippen LogP contribution is 2.25. The van der Waals surface area contributed by atoms with E-state index < -0.39 is 0 Å². The molecule has 1 heterocycles. The van der Waals surface area contributed by atoms with Crippen molar-refractivity contribution in [3.63, 3.8) is 0 Å². The molecule has 4 aromatic rings. The Morgan fingerprint density at radius 1 is 0.906 bits per heavy atom. The van der Waals surface area contributed by atoms with Crippen molar-refractivity contribution in [1.82, 2.24) is 0 Å². The van der Waals surface area contributed by atoms with Crippen LogP contribution in [0.25, 0.3) is 22.3 Å². The van der Waals surface area contributed by atoms with Crippen LogP contribution < -0.4 is 20.2 Å². The van der Waals surface area contributed by atoms with E-state index in [1.54, 1.807) is 49.6 Å². The van der Waals surface area contributed by atoms with Crippen molar-refractivity contribution in [2.45, 2.75) is 13.8 Å². The number of hydrogen-bond donors (Lipinski definition) is 1. The molecule has 0 atom stereocenters. The van der Waals surface area contributed by atoms with Crippen LogP contribution in [-0.2, 0) is 4.79 Å². The van der Waals surface area contributed by atoms with Crippen molar-refractivity contribution in [3.8, 4) is 22.8 Å². The molecule has 0 spiro atoms. The van der Waals surface area contributed by atoms with E-state index in [2.05, 4.69) is 5.32 Å². The van der Waals surface area contributed by atoms with Crippen LogP contribution in [-0.4, -0.2) is 19.6 Å². The maximum absolute atomic E-state index is 12.5. The van der Waals surface area contributed by atoms with Crippen molar-refractivity contribution in [1.29, 1.82) is 0 Å². The normalized spacial score (nSPS) is 10.7. The Balaban J connectivity index is 1.44. The molecule has 0 aliphatic heterocycles. The van der Waals surface area contributed by atoms with Crippen LogP contribution >= 0.6 is 0 Å². The minimum atomic E-state index is -0.262. The number of nitrogens with one attached hydrogen (secondary N) is 1. The lowest BCUT2D eigenvalue weighted by Gasteiger charge is -2.10. The lowest BCUT2D eigenvalue weighted by atomic mass is 10.1. The van der Waals surface area contributed by atoms with Crippen LogP contribution in [0.5, 0.6) is 11.5 Å². The fourth-order valence-electron chi connectivity index (χ4n) is 3.27. The van der Waals surface area contributed by atoms with Crippen LogP contribution in [0.1, 0.15) is 11.1 Å². The van der Waals surface area contributed by atoms with E-state index in [9.17, 15) is 9.59 Å². The van der Waals surface area contributed by atoms with E-state index >= 15 is 0 Å². The van der Waals surface area contributed by atoms with E-state index in [4.69, 9.17) is 13.9 Å². The van der Waals surface area contributed by atoms with Gasteiger partial charge in [0.25, 0.3) is 5.91 Å². The molecule has 0 saturated carbocycles. The maximum atomic E-state index is 12.5. The number of aryl methyl sites for hydroxylation is 2. The molecule has 0 aliphatic rings. The van der Waals surface area contributed by atoms with Crippen molar-refractivity contribution in [2.24, 2.45) is 0 Å². The number of amides is 1. The molecule has 6 nitrogen and oxygen atoms in total. The molecule has 3 aromatic carbocycles. The summed E-state index contributed by atoms with van der Waals surface area (Å²) in [5.74, 6) is 1.44. The third-order valence-electron chi connectivity index (χ3n) is 5.24. The molecule has 6 heteroatoms. The van der Waals surface area contributed by atoms with Crippen LogP contribution in [0.15, 0.2) is 75.9 Å². The highest BCUT2D eigenvalue weighted by Gasteiger charge is 2.09. The second-order valence-corrected chi connectivity index (χ2v) is 7.50. The molecule has 1 aromatic heterocycles. The smallest absolute Gasteiger partial charge is 0.262 e. The lowest BCUT2D eigenvalue weighted by molar-refractivity contribution is -0.118. The molecule has 4 rings (SSSR count). The fourth-order valence-corrected chi connectivity index (χ4v) is 3.27. The Bertz CT molecular complexity index is 1340. The molecule has 0 radical (unpaired) electrons. The summed E-state index contributed by atoms with van der Waals surface area (Å²) in [5.41, 5.74) is 3.96. The van der Waals surface area contributed by atoms with Gasteiger partial charge in [-0.25, -0.2) is 0 Å². The van der Waals surface area contributed by atoms with Crippen LogP contribution in [0.4, 0.5) is 5.69 Å². The molecule has 32 heavy (non-hydrogen) atoms. The summed E-state index contributed by atoms with van der Waals surface area (Å²) in [6.45, 7) is 3.93. The average Bonchev–Trinajstić information content (AvgIpc) is 2.80. The summed E-state index contributed by atoms with van der Waals surface area (Å²) in [6.07, 6.45) is 0. The first kappa shape index (κ1) is 21.2. The standard InChI is InChI=1S/C26H23NO5/c1-16-4-9-21(12-17(16)2)31-15-26(29)27-19-7-5-18(6-8-19)25-14-23(28)22-13-20(30-3)10-11-24(22)32-25/h4-14H,15H2,1-3H3,(H,27,29). The average molecular weight is 429 g/mol. The first-order valence-corrected chi connectivity index (χ1v) is 10.2. The van der Waals surface area contributed by atoms with E-state index in [0.29, 0.717) is 33.9 Å². The highest BCUT2D eigenvalue weighted by molar-refractivity contribution is 5.92. The van der Waals surface area contributed by atoms with Gasteiger partial charge in [-0.1, -0.05) is 6.07 Å². The van der Waals surface area contributed by atoms with E-state index in [-0.39, 0.29) is 17.9 Å². The molecule has 0 saturated heterocycles. The van der Waals surface area contributed by atoms with Gasteiger partial charge in [0.15, 0.2) is 12.0 Å². The molecule has 0 aliphatic carbocycles. The molecular formula is C26H23NO5. The highest BCUT2D eigenvalue weighted by atomic mass is 16.5. The number of hydrogen-bond acceptors (Lipinski definition) is 5. The zero-order chi connectivity index (χ0) is 22.7. The van der Waals surface area contributed by atoms with Gasteiger partial charge in [0.2, 0.25) is 0 Å². The number of rotatable bonds is 6. The largest absolute Gasteiger partial charge is 0.497 e. The van der Waals surface area contributed by atoms with Crippen molar-refractivity contribution < 1.29 is 18.7 Å². The number of ether oxygens (including phenoxy) is 2. The van der Waals surface area contributed by atoms with Gasteiger partial charge in [-0.15, -0.1) is 0 Å². The number of methoxy groups -OCH3 is 1. The summed E-state index contributed by atoms with van der Waals surface area (Å²) in [4.78, 5) is 24.7. The number of benzene rings is 3. The molecule has 1 amide bonds. The van der Waals surface area contributed by atoms with E-state index in [0.717, 1.165) is 11.1 Å². The fraction of sp³-hybridized carbons (Fsp3) is 0.154. The molecule has 162 valence electrons. The third-order valence-corrected chi connectivity index (χ3v) is 5.24. The molecule has 1 N–H and O–H groups in total. The summed E-state index contributed by atoms with van der Waals surface area (Å²) < 4.78 is 16.6. The molecule has 0 bridgehead atoms. The van der Waals surface area contributed by atoms with Gasteiger partial charge < -0.3 is 19.2 Å². The predicted molar refractivity (Wildman–Crippen MR) is 125 cm³/mol. The number of anilines is 1. The Morgan fingerprint density at radius 3 is 2.38 bits per heavy atom. The zero-order valence-electron chi connectivity index (χ0n) is 18.1. The molecule has 0 unspecified atom stereocenters. The summed E-state index contributed by atoms with van der Waals surface area (Å²) in [7, 11) is 1.55. The SMILES string of the molecule is COc1ccc2oc(-c3ccc(NC(=O)COc4ccc(C)c(C)c4)cc3)cc(=O)c2c1. The van der Waals surface area contributed by atoms with Gasteiger partial charge >= 0.3 is 0 Å². The van der Waals surface area contributed by atoms with E-state index in [1.807, 2.05) is 32.0 Å². The van der Waals surface area contributed by atoms with Gasteiger partial charge in [-0.05, 0) is 79.6 Å². The van der Waals surface area contributed by atoms with Crippen LogP contribution in [0.2, 0.25) is 0 Å². The second-order valence-electron chi connectivity index (χ2n) is 7.50. The van der Waals surface area contributed by atoms with Gasteiger partial charge in [-0.3, -0.25) is 9.59 Å². The lowest BCUT2D eigenvalue weighted by Crippen LogP contribution is -2.20. The number of carbonyl (C=O) groups is 1. The first-order valence-electron chi connectivity index (χ1n) is 10.2. The van der Waals surface area contributed by atoms with Crippen LogP contribution in [0.3, 0.4) is 0 Å². The van der Waals surface area contributed by atoms with Gasteiger partial charge in [0.1, 0.15) is 22.8 Å². The zero-order valence-corrected chi connectivity index (χ0v) is 18.1. The summed E-state index contributed by atoms with van der Waals surface area (Å²) in [5, 5.41) is 3.26. The molecule has 0 fully saturated rings. The third kappa shape index (κ3) is 4.64. The minimum Gasteiger partial charge on any atom is -0.497 e. The Kier molecular flexibility index (Phi) is 5.94. The summed E-state index contributed by atoms with van der Waals surface area (Å²) in [6, 6.07) is 19.3. The van der Waals surface area contributed by atoms with Crippen LogP contribution in [0, 0.1) is 13.8 Å². The van der Waals surface area contributed by atoms with Gasteiger partial charge in [0.05, 0.1) is 12.5 Å². The minimum absolute atomic E-state index is 0.0900. The number of fused-ring (bicyclic) bond motifs is 1. The predicted octanol–water partition coefficient (Wildman–Crippen LogP) is 5.10. The Morgan fingerprint density at radius 2 is 1.66 bits per heavy atom. The van der Waals surface area contributed by atoms with E-state index in [1.165, 1.54) is 11.6 Å². The maximum Gasteiger partial charge on any atom is 0.262 e. The number of carbonyl (C=O) groups excluding carboxylic acids is 1. The second kappa shape index (κ2) is 8.98. The van der Waals surface area contributed by atoms with Crippen molar-refractivity contribution in [3.05, 3.63) is 88.1 Å². The summed E-state index contributed by atoms with van der Waals surface area (Å²) >= 11 is 0.